The molecule has 1 heterocycles. The molecule has 0 saturated carbocycles. The number of ether oxygens (including phenoxy) is 2. The van der Waals surface area contributed by atoms with Crippen molar-refractivity contribution in [1.82, 2.24) is 9.97 Å². The van der Waals surface area contributed by atoms with Gasteiger partial charge in [0.1, 0.15) is 18.2 Å². The van der Waals surface area contributed by atoms with Crippen molar-refractivity contribution in [3.63, 3.8) is 0 Å². The first-order valence-electron chi connectivity index (χ1n) is 6.87. The number of nitrogens with one attached hydrogen (secondary N) is 1. The molecule has 0 spiro atoms. The van der Waals surface area contributed by atoms with Crippen LogP contribution in [0, 0.1) is 6.92 Å². The van der Waals surface area contributed by atoms with Crippen LogP contribution in [-0.2, 0) is 4.74 Å². The molecule has 1 aromatic rings. The Kier molecular flexibility index (Phi) is 6.56. The maximum absolute atomic E-state index is 5.70. The van der Waals surface area contributed by atoms with Crippen LogP contribution in [0.5, 0.6) is 5.88 Å². The predicted molar refractivity (Wildman–Crippen MR) is 77.0 cm³/mol. The van der Waals surface area contributed by atoms with Crippen molar-refractivity contribution in [3.05, 3.63) is 11.4 Å². The highest BCUT2D eigenvalue weighted by Gasteiger charge is 2.13. The molecular formula is C14H25N3O2. The van der Waals surface area contributed by atoms with Gasteiger partial charge in [-0.15, -0.1) is 0 Å². The van der Waals surface area contributed by atoms with Crippen molar-refractivity contribution in [2.24, 2.45) is 0 Å². The minimum atomic E-state index is 0.270. The maximum atomic E-state index is 5.70. The van der Waals surface area contributed by atoms with Crippen LogP contribution in [0.4, 0.5) is 5.82 Å². The molecule has 0 saturated heterocycles. The minimum absolute atomic E-state index is 0.270. The Labute approximate surface area is 115 Å². The van der Waals surface area contributed by atoms with Gasteiger partial charge in [-0.3, -0.25) is 0 Å². The fourth-order valence-corrected chi connectivity index (χ4v) is 1.60. The molecule has 0 bridgehead atoms. The second kappa shape index (κ2) is 7.94. The van der Waals surface area contributed by atoms with E-state index < -0.39 is 0 Å². The molecule has 5 heteroatoms. The largest absolute Gasteiger partial charge is 0.475 e. The molecule has 0 radical (unpaired) electrons. The topological polar surface area (TPSA) is 56.3 Å². The molecule has 0 aliphatic heterocycles. The molecule has 0 fully saturated rings. The summed E-state index contributed by atoms with van der Waals surface area (Å²) in [7, 11) is 1.85. The van der Waals surface area contributed by atoms with Gasteiger partial charge < -0.3 is 14.8 Å². The third kappa shape index (κ3) is 4.67. The highest BCUT2D eigenvalue weighted by molar-refractivity contribution is 5.48. The molecule has 0 aliphatic rings. The van der Waals surface area contributed by atoms with Crippen molar-refractivity contribution in [2.75, 3.05) is 32.2 Å². The second-order valence-electron chi connectivity index (χ2n) is 4.73. The summed E-state index contributed by atoms with van der Waals surface area (Å²) >= 11 is 0. The molecule has 1 rings (SSSR count). The van der Waals surface area contributed by atoms with Crippen molar-refractivity contribution in [1.29, 1.82) is 0 Å². The molecule has 0 amide bonds. The lowest BCUT2D eigenvalue weighted by molar-refractivity contribution is 0.0986. The van der Waals surface area contributed by atoms with E-state index in [-0.39, 0.29) is 5.92 Å². The van der Waals surface area contributed by atoms with Crippen LogP contribution in [0.15, 0.2) is 0 Å². The van der Waals surface area contributed by atoms with E-state index in [0.717, 1.165) is 30.2 Å². The SMILES string of the molecule is CCCOCCOc1nc(C(C)C)nc(NC)c1C. The summed E-state index contributed by atoms with van der Waals surface area (Å²) in [6, 6.07) is 0. The van der Waals surface area contributed by atoms with Gasteiger partial charge in [-0.1, -0.05) is 20.8 Å². The summed E-state index contributed by atoms with van der Waals surface area (Å²) in [5.74, 6) is 2.53. The predicted octanol–water partition coefficient (Wildman–Crippen LogP) is 2.76. The fourth-order valence-electron chi connectivity index (χ4n) is 1.60. The highest BCUT2D eigenvalue weighted by Crippen LogP contribution is 2.24. The van der Waals surface area contributed by atoms with E-state index in [1.807, 2.05) is 14.0 Å². The lowest BCUT2D eigenvalue weighted by Crippen LogP contribution is -2.12. The highest BCUT2D eigenvalue weighted by atomic mass is 16.5. The Bertz CT molecular complexity index is 395. The molecule has 0 aliphatic carbocycles. The van der Waals surface area contributed by atoms with Gasteiger partial charge in [0.15, 0.2) is 0 Å². The van der Waals surface area contributed by atoms with E-state index >= 15 is 0 Å². The Morgan fingerprint density at radius 2 is 1.89 bits per heavy atom. The summed E-state index contributed by atoms with van der Waals surface area (Å²) in [4.78, 5) is 8.94. The lowest BCUT2D eigenvalue weighted by Gasteiger charge is -2.14. The normalized spacial score (nSPS) is 10.8. The lowest BCUT2D eigenvalue weighted by atomic mass is 10.2. The van der Waals surface area contributed by atoms with Gasteiger partial charge in [-0.05, 0) is 13.3 Å². The van der Waals surface area contributed by atoms with Gasteiger partial charge in [0, 0.05) is 19.6 Å². The Balaban J connectivity index is 2.72. The van der Waals surface area contributed by atoms with Crippen molar-refractivity contribution in [2.45, 2.75) is 40.0 Å². The smallest absolute Gasteiger partial charge is 0.221 e. The summed E-state index contributed by atoms with van der Waals surface area (Å²) in [5, 5.41) is 3.08. The third-order valence-electron chi connectivity index (χ3n) is 2.69. The van der Waals surface area contributed by atoms with Crippen molar-refractivity contribution in [3.8, 4) is 5.88 Å². The summed E-state index contributed by atoms with van der Waals surface area (Å²) in [5.41, 5.74) is 0.933. The summed E-state index contributed by atoms with van der Waals surface area (Å²) < 4.78 is 11.1. The Hall–Kier alpha value is -1.36. The van der Waals surface area contributed by atoms with Crippen LogP contribution in [0.3, 0.4) is 0 Å². The van der Waals surface area contributed by atoms with E-state index in [4.69, 9.17) is 9.47 Å². The Morgan fingerprint density at radius 3 is 2.47 bits per heavy atom. The van der Waals surface area contributed by atoms with E-state index in [9.17, 15) is 0 Å². The summed E-state index contributed by atoms with van der Waals surface area (Å²) in [6.07, 6.45) is 1.02. The standard InChI is InChI=1S/C14H25N3O2/c1-6-7-18-8-9-19-14-11(4)13(15-5)16-12(17-14)10(2)3/h10H,6-9H2,1-5H3,(H,15,16,17). The number of hydrogen-bond donors (Lipinski definition) is 1. The first kappa shape index (κ1) is 15.7. The number of rotatable bonds is 8. The van der Waals surface area contributed by atoms with Crippen molar-refractivity contribution < 1.29 is 9.47 Å². The quantitative estimate of drug-likeness (QED) is 0.734. The van der Waals surface area contributed by atoms with Gasteiger partial charge in [0.25, 0.3) is 0 Å². The number of hydrogen-bond acceptors (Lipinski definition) is 5. The zero-order valence-corrected chi connectivity index (χ0v) is 12.6. The molecular weight excluding hydrogens is 242 g/mol. The molecule has 1 N–H and O–H groups in total. The Morgan fingerprint density at radius 1 is 1.16 bits per heavy atom. The van der Waals surface area contributed by atoms with Gasteiger partial charge >= 0.3 is 0 Å². The van der Waals surface area contributed by atoms with Gasteiger partial charge in [0.2, 0.25) is 5.88 Å². The zero-order valence-electron chi connectivity index (χ0n) is 12.6. The number of aromatic nitrogens is 2. The zero-order chi connectivity index (χ0) is 14.3. The molecule has 5 nitrogen and oxygen atoms in total. The monoisotopic (exact) mass is 267 g/mol. The molecule has 108 valence electrons. The molecule has 0 unspecified atom stereocenters. The van der Waals surface area contributed by atoms with E-state index in [0.29, 0.717) is 19.1 Å². The van der Waals surface area contributed by atoms with Crippen LogP contribution in [0.2, 0.25) is 0 Å². The van der Waals surface area contributed by atoms with Crippen LogP contribution < -0.4 is 10.1 Å². The van der Waals surface area contributed by atoms with E-state index in [1.54, 1.807) is 0 Å². The molecule has 1 aromatic heterocycles. The van der Waals surface area contributed by atoms with Crippen LogP contribution in [0.1, 0.15) is 44.5 Å². The number of nitrogens with zero attached hydrogens (tertiary/aromatic N) is 2. The van der Waals surface area contributed by atoms with Gasteiger partial charge in [-0.2, -0.15) is 4.98 Å². The third-order valence-corrected chi connectivity index (χ3v) is 2.69. The fraction of sp³-hybridized carbons (Fsp3) is 0.714. The van der Waals surface area contributed by atoms with E-state index in [2.05, 4.69) is 36.1 Å². The summed E-state index contributed by atoms with van der Waals surface area (Å²) in [6.45, 7) is 10.0. The molecule has 19 heavy (non-hydrogen) atoms. The van der Waals surface area contributed by atoms with E-state index in [1.165, 1.54) is 0 Å². The minimum Gasteiger partial charge on any atom is -0.475 e. The van der Waals surface area contributed by atoms with Gasteiger partial charge in [-0.25, -0.2) is 4.98 Å². The first-order valence-corrected chi connectivity index (χ1v) is 6.87. The van der Waals surface area contributed by atoms with Crippen LogP contribution in [-0.4, -0.2) is 36.8 Å². The average molecular weight is 267 g/mol. The first-order chi connectivity index (χ1) is 9.10. The average Bonchev–Trinajstić information content (AvgIpc) is 2.40. The number of anilines is 1. The molecule has 0 aromatic carbocycles. The van der Waals surface area contributed by atoms with Crippen molar-refractivity contribution >= 4 is 5.82 Å². The van der Waals surface area contributed by atoms with Gasteiger partial charge in [0.05, 0.1) is 12.2 Å². The molecule has 0 atom stereocenters. The second-order valence-corrected chi connectivity index (χ2v) is 4.73. The maximum Gasteiger partial charge on any atom is 0.221 e. The van der Waals surface area contributed by atoms with Crippen LogP contribution in [0.25, 0.3) is 0 Å². The van der Waals surface area contributed by atoms with Crippen LogP contribution >= 0.6 is 0 Å².